The standard InChI is InChI=1S/C20H18F3NO3/c21-20(22,23)15-9-7-13(8-10-15)16-5-1-2-6-17(16)18(25)24-11-3-4-14(12-24)19(26)27/h1-2,5-10,14H,3-4,11-12H2,(H,26,27)/t14-/m0/s1. The van der Waals surface area contributed by atoms with E-state index in [1.54, 1.807) is 24.3 Å². The van der Waals surface area contributed by atoms with E-state index in [1.807, 2.05) is 0 Å². The van der Waals surface area contributed by atoms with Crippen LogP contribution in [0.4, 0.5) is 13.2 Å². The Bertz CT molecular complexity index is 846. The predicted molar refractivity (Wildman–Crippen MR) is 93.1 cm³/mol. The molecule has 1 aliphatic rings. The van der Waals surface area contributed by atoms with Crippen LogP contribution >= 0.6 is 0 Å². The normalized spacial score (nSPS) is 17.6. The Balaban J connectivity index is 1.90. The minimum absolute atomic E-state index is 0.134. The lowest BCUT2D eigenvalue weighted by molar-refractivity contribution is -0.143. The summed E-state index contributed by atoms with van der Waals surface area (Å²) >= 11 is 0. The first-order valence-electron chi connectivity index (χ1n) is 8.56. The van der Waals surface area contributed by atoms with Crippen molar-refractivity contribution in [2.75, 3.05) is 13.1 Å². The highest BCUT2D eigenvalue weighted by molar-refractivity contribution is 6.01. The molecule has 2 aromatic carbocycles. The van der Waals surface area contributed by atoms with E-state index < -0.39 is 23.6 Å². The molecule has 1 saturated heterocycles. The van der Waals surface area contributed by atoms with Crippen LogP contribution in [0.2, 0.25) is 0 Å². The average molecular weight is 377 g/mol. The Morgan fingerprint density at radius 1 is 1.04 bits per heavy atom. The topological polar surface area (TPSA) is 57.6 Å². The minimum Gasteiger partial charge on any atom is -0.481 e. The number of likely N-dealkylation sites (tertiary alicyclic amines) is 1. The molecule has 27 heavy (non-hydrogen) atoms. The summed E-state index contributed by atoms with van der Waals surface area (Å²) in [5.41, 5.74) is 0.617. The summed E-state index contributed by atoms with van der Waals surface area (Å²) in [5, 5.41) is 9.20. The number of aliphatic carboxylic acids is 1. The van der Waals surface area contributed by atoms with Crippen molar-refractivity contribution in [1.29, 1.82) is 0 Å². The summed E-state index contributed by atoms with van der Waals surface area (Å²) in [4.78, 5) is 25.7. The first kappa shape index (κ1) is 18.9. The Morgan fingerprint density at radius 3 is 2.33 bits per heavy atom. The monoisotopic (exact) mass is 377 g/mol. The zero-order chi connectivity index (χ0) is 19.6. The molecule has 4 nitrogen and oxygen atoms in total. The molecule has 0 saturated carbocycles. The van der Waals surface area contributed by atoms with Gasteiger partial charge in [-0.05, 0) is 42.2 Å². The largest absolute Gasteiger partial charge is 0.481 e. The molecule has 7 heteroatoms. The van der Waals surface area contributed by atoms with Gasteiger partial charge in [0.2, 0.25) is 0 Å². The lowest BCUT2D eigenvalue weighted by Crippen LogP contribution is -2.42. The van der Waals surface area contributed by atoms with E-state index >= 15 is 0 Å². The highest BCUT2D eigenvalue weighted by atomic mass is 19.4. The van der Waals surface area contributed by atoms with Crippen LogP contribution in [0.3, 0.4) is 0 Å². The van der Waals surface area contributed by atoms with E-state index in [9.17, 15) is 27.9 Å². The van der Waals surface area contributed by atoms with Gasteiger partial charge in [-0.1, -0.05) is 30.3 Å². The maximum atomic E-state index is 12.9. The molecule has 1 amide bonds. The quantitative estimate of drug-likeness (QED) is 0.867. The van der Waals surface area contributed by atoms with E-state index in [0.29, 0.717) is 36.1 Å². The molecule has 0 bridgehead atoms. The number of carboxylic acids is 1. The van der Waals surface area contributed by atoms with E-state index in [1.165, 1.54) is 17.0 Å². The molecule has 0 aliphatic carbocycles. The van der Waals surface area contributed by atoms with E-state index in [-0.39, 0.29) is 12.5 Å². The number of alkyl halides is 3. The zero-order valence-corrected chi connectivity index (χ0v) is 14.4. The zero-order valence-electron chi connectivity index (χ0n) is 14.4. The summed E-state index contributed by atoms with van der Waals surface area (Å²) in [5.74, 6) is -1.83. The van der Waals surface area contributed by atoms with Crippen LogP contribution in [-0.4, -0.2) is 35.0 Å². The molecule has 1 aliphatic heterocycles. The summed E-state index contributed by atoms with van der Waals surface area (Å²) in [6.45, 7) is 0.597. The number of hydrogen-bond acceptors (Lipinski definition) is 2. The van der Waals surface area contributed by atoms with E-state index in [4.69, 9.17) is 0 Å². The molecule has 3 rings (SSSR count). The highest BCUT2D eigenvalue weighted by Crippen LogP contribution is 2.32. The third kappa shape index (κ3) is 4.13. The van der Waals surface area contributed by atoms with Crippen LogP contribution in [0.15, 0.2) is 48.5 Å². The van der Waals surface area contributed by atoms with Crippen molar-refractivity contribution < 1.29 is 27.9 Å². The van der Waals surface area contributed by atoms with Gasteiger partial charge < -0.3 is 10.0 Å². The summed E-state index contributed by atoms with van der Waals surface area (Å²) in [6.07, 6.45) is -3.29. The molecule has 1 N–H and O–H groups in total. The number of carbonyl (C=O) groups is 2. The first-order valence-corrected chi connectivity index (χ1v) is 8.56. The van der Waals surface area contributed by atoms with Crippen molar-refractivity contribution in [2.45, 2.75) is 19.0 Å². The molecular weight excluding hydrogens is 359 g/mol. The molecule has 0 radical (unpaired) electrons. The maximum absolute atomic E-state index is 12.9. The fourth-order valence-electron chi connectivity index (χ4n) is 3.29. The van der Waals surface area contributed by atoms with Gasteiger partial charge >= 0.3 is 12.1 Å². The second-order valence-electron chi connectivity index (χ2n) is 6.55. The molecule has 1 fully saturated rings. The molecular formula is C20H18F3NO3. The van der Waals surface area contributed by atoms with Gasteiger partial charge in [0.1, 0.15) is 0 Å². The van der Waals surface area contributed by atoms with Crippen LogP contribution in [0.25, 0.3) is 11.1 Å². The number of hydrogen-bond donors (Lipinski definition) is 1. The molecule has 142 valence electrons. The average Bonchev–Trinajstić information content (AvgIpc) is 2.67. The lowest BCUT2D eigenvalue weighted by Gasteiger charge is -2.31. The molecule has 2 aromatic rings. The Hall–Kier alpha value is -2.83. The lowest BCUT2D eigenvalue weighted by atomic mass is 9.95. The Labute approximate surface area is 154 Å². The van der Waals surface area contributed by atoms with E-state index in [0.717, 1.165) is 12.1 Å². The number of benzene rings is 2. The number of piperidine rings is 1. The predicted octanol–water partition coefficient (Wildman–Crippen LogP) is 4.31. The third-order valence-electron chi connectivity index (χ3n) is 4.74. The first-order chi connectivity index (χ1) is 12.8. The number of carbonyl (C=O) groups excluding carboxylic acids is 1. The van der Waals surface area contributed by atoms with Gasteiger partial charge in [0.05, 0.1) is 11.5 Å². The maximum Gasteiger partial charge on any atom is 0.416 e. The van der Waals surface area contributed by atoms with Crippen molar-refractivity contribution in [2.24, 2.45) is 5.92 Å². The smallest absolute Gasteiger partial charge is 0.416 e. The second kappa shape index (κ2) is 7.42. The van der Waals surface area contributed by atoms with Crippen LogP contribution in [0, 0.1) is 5.92 Å². The van der Waals surface area contributed by atoms with Gasteiger partial charge in [-0.15, -0.1) is 0 Å². The number of carboxylic acid groups (broad SMARTS) is 1. The van der Waals surface area contributed by atoms with Gasteiger partial charge in [-0.2, -0.15) is 13.2 Å². The van der Waals surface area contributed by atoms with Crippen LogP contribution < -0.4 is 0 Å². The van der Waals surface area contributed by atoms with Crippen molar-refractivity contribution in [3.63, 3.8) is 0 Å². The number of halogens is 3. The Morgan fingerprint density at radius 2 is 1.70 bits per heavy atom. The number of rotatable bonds is 3. The summed E-state index contributed by atoms with van der Waals surface area (Å²) < 4.78 is 38.3. The third-order valence-corrected chi connectivity index (χ3v) is 4.74. The SMILES string of the molecule is O=C(O)[C@H]1CCCN(C(=O)c2ccccc2-c2ccc(C(F)(F)F)cc2)C1. The molecule has 1 atom stereocenters. The van der Waals surface area contributed by atoms with Crippen LogP contribution in [0.1, 0.15) is 28.8 Å². The molecule has 0 unspecified atom stereocenters. The van der Waals surface area contributed by atoms with Crippen molar-refractivity contribution >= 4 is 11.9 Å². The minimum atomic E-state index is -4.42. The van der Waals surface area contributed by atoms with Gasteiger partial charge in [0.25, 0.3) is 5.91 Å². The van der Waals surface area contributed by atoms with Crippen molar-refractivity contribution in [1.82, 2.24) is 4.90 Å². The van der Waals surface area contributed by atoms with Crippen molar-refractivity contribution in [3.05, 3.63) is 59.7 Å². The molecule has 0 aromatic heterocycles. The van der Waals surface area contributed by atoms with Gasteiger partial charge in [-0.25, -0.2) is 0 Å². The number of amides is 1. The second-order valence-corrected chi connectivity index (χ2v) is 6.55. The fraction of sp³-hybridized carbons (Fsp3) is 0.300. The molecule has 1 heterocycles. The van der Waals surface area contributed by atoms with Gasteiger partial charge in [0.15, 0.2) is 0 Å². The Kier molecular flexibility index (Phi) is 5.21. The molecule has 0 spiro atoms. The van der Waals surface area contributed by atoms with Crippen molar-refractivity contribution in [3.8, 4) is 11.1 Å². The summed E-state index contributed by atoms with van der Waals surface area (Å²) in [6, 6.07) is 11.3. The fourth-order valence-corrected chi connectivity index (χ4v) is 3.29. The van der Waals surface area contributed by atoms with Gasteiger partial charge in [-0.3, -0.25) is 9.59 Å². The van der Waals surface area contributed by atoms with Gasteiger partial charge in [0, 0.05) is 18.7 Å². The van der Waals surface area contributed by atoms with Crippen LogP contribution in [0.5, 0.6) is 0 Å². The highest BCUT2D eigenvalue weighted by Gasteiger charge is 2.31. The number of nitrogens with zero attached hydrogens (tertiary/aromatic N) is 1. The van der Waals surface area contributed by atoms with Crippen LogP contribution in [-0.2, 0) is 11.0 Å². The van der Waals surface area contributed by atoms with E-state index in [2.05, 4.69) is 0 Å². The summed E-state index contributed by atoms with van der Waals surface area (Å²) in [7, 11) is 0.